The van der Waals surface area contributed by atoms with Gasteiger partial charge in [-0.3, -0.25) is 9.48 Å². The van der Waals surface area contributed by atoms with Crippen molar-refractivity contribution in [2.24, 2.45) is 0 Å². The molecular weight excluding hydrogens is 262 g/mol. The number of aromatic nitrogens is 2. The summed E-state index contributed by atoms with van der Waals surface area (Å²) in [6.07, 6.45) is 5.28. The maximum atomic E-state index is 12.2. The normalized spacial score (nSPS) is 16.5. The summed E-state index contributed by atoms with van der Waals surface area (Å²) in [5.74, 6) is 0.241. The lowest BCUT2D eigenvalue weighted by Gasteiger charge is -2.20. The van der Waals surface area contributed by atoms with E-state index in [0.29, 0.717) is 18.0 Å². The van der Waals surface area contributed by atoms with Crippen LogP contribution in [0.4, 0.5) is 0 Å². The van der Waals surface area contributed by atoms with Crippen molar-refractivity contribution in [1.29, 1.82) is 0 Å². The maximum Gasteiger partial charge on any atom is 0.224 e. The molecule has 1 aromatic heterocycles. The van der Waals surface area contributed by atoms with Gasteiger partial charge in [-0.05, 0) is 26.7 Å². The van der Waals surface area contributed by atoms with Gasteiger partial charge in [-0.25, -0.2) is 0 Å². The van der Waals surface area contributed by atoms with Gasteiger partial charge in [0, 0.05) is 19.5 Å². The average Bonchev–Trinajstić information content (AvgIpc) is 2.65. The van der Waals surface area contributed by atoms with E-state index in [0.717, 1.165) is 37.3 Å². The van der Waals surface area contributed by atoms with E-state index in [2.05, 4.69) is 5.10 Å². The van der Waals surface area contributed by atoms with E-state index in [-0.39, 0.29) is 5.91 Å². The lowest BCUT2D eigenvalue weighted by atomic mass is 10.2. The minimum absolute atomic E-state index is 0.241. The van der Waals surface area contributed by atoms with Crippen molar-refractivity contribution in [3.63, 3.8) is 0 Å². The summed E-state index contributed by atoms with van der Waals surface area (Å²) in [5.41, 5.74) is 1.78. The van der Waals surface area contributed by atoms with Crippen LogP contribution in [0.1, 0.15) is 43.5 Å². The fourth-order valence-electron chi connectivity index (χ4n) is 2.57. The molecule has 5 heteroatoms. The Labute approximate surface area is 119 Å². The maximum absolute atomic E-state index is 12.2. The van der Waals surface area contributed by atoms with E-state index in [9.17, 15) is 4.79 Å². The summed E-state index contributed by atoms with van der Waals surface area (Å²) in [7, 11) is 0. The zero-order valence-corrected chi connectivity index (χ0v) is 12.5. The van der Waals surface area contributed by atoms with Crippen molar-refractivity contribution >= 4 is 17.5 Å². The molecular formula is C14H22ClN3O. The van der Waals surface area contributed by atoms with E-state index in [4.69, 9.17) is 11.6 Å². The monoisotopic (exact) mass is 283 g/mol. The predicted octanol–water partition coefficient (Wildman–Crippen LogP) is 2.95. The zero-order valence-electron chi connectivity index (χ0n) is 11.8. The minimum Gasteiger partial charge on any atom is -0.343 e. The van der Waals surface area contributed by atoms with Crippen LogP contribution in [0.2, 0.25) is 5.02 Å². The van der Waals surface area contributed by atoms with Gasteiger partial charge in [-0.2, -0.15) is 5.10 Å². The van der Waals surface area contributed by atoms with Crippen molar-refractivity contribution in [2.75, 3.05) is 13.1 Å². The molecule has 106 valence electrons. The van der Waals surface area contributed by atoms with Crippen LogP contribution >= 0.6 is 11.6 Å². The van der Waals surface area contributed by atoms with Crippen LogP contribution in [-0.4, -0.2) is 33.7 Å². The quantitative estimate of drug-likeness (QED) is 0.855. The first-order valence-electron chi connectivity index (χ1n) is 7.07. The number of carbonyl (C=O) groups excluding carboxylic acids is 1. The Morgan fingerprint density at radius 2 is 1.84 bits per heavy atom. The third kappa shape index (κ3) is 3.50. The van der Waals surface area contributed by atoms with Crippen LogP contribution in [0.15, 0.2) is 0 Å². The number of carbonyl (C=O) groups is 1. The number of hydrogen-bond acceptors (Lipinski definition) is 2. The molecule has 0 radical (unpaired) electrons. The van der Waals surface area contributed by atoms with Crippen LogP contribution < -0.4 is 0 Å². The van der Waals surface area contributed by atoms with Crippen molar-refractivity contribution in [1.82, 2.24) is 14.7 Å². The second-order valence-electron chi connectivity index (χ2n) is 5.25. The fraction of sp³-hybridized carbons (Fsp3) is 0.714. The number of hydrogen-bond donors (Lipinski definition) is 0. The van der Waals surface area contributed by atoms with Crippen molar-refractivity contribution in [3.05, 3.63) is 16.4 Å². The van der Waals surface area contributed by atoms with Crippen LogP contribution in [-0.2, 0) is 11.3 Å². The molecule has 0 saturated carbocycles. The molecule has 19 heavy (non-hydrogen) atoms. The largest absolute Gasteiger partial charge is 0.343 e. The first-order chi connectivity index (χ1) is 9.09. The Bertz CT molecular complexity index is 448. The van der Waals surface area contributed by atoms with Crippen LogP contribution in [0.3, 0.4) is 0 Å². The minimum atomic E-state index is 0.241. The number of aryl methyl sites for hydroxylation is 2. The Balaban J connectivity index is 1.90. The predicted molar refractivity (Wildman–Crippen MR) is 76.4 cm³/mol. The summed E-state index contributed by atoms with van der Waals surface area (Å²) < 4.78 is 1.84. The molecule has 0 bridgehead atoms. The number of rotatable bonds is 3. The Morgan fingerprint density at radius 3 is 2.37 bits per heavy atom. The lowest BCUT2D eigenvalue weighted by molar-refractivity contribution is -0.131. The van der Waals surface area contributed by atoms with Gasteiger partial charge in [-0.15, -0.1) is 0 Å². The first kappa shape index (κ1) is 14.4. The van der Waals surface area contributed by atoms with Gasteiger partial charge in [0.1, 0.15) is 0 Å². The number of likely N-dealkylation sites (tertiary alicyclic amines) is 1. The van der Waals surface area contributed by atoms with Gasteiger partial charge >= 0.3 is 0 Å². The summed E-state index contributed by atoms with van der Waals surface area (Å²) in [4.78, 5) is 14.2. The standard InChI is InChI=1S/C14H22ClN3O/c1-11-14(15)12(2)18(16-11)10-7-13(19)17-8-5-3-4-6-9-17/h3-10H2,1-2H3. The van der Waals surface area contributed by atoms with E-state index < -0.39 is 0 Å². The number of nitrogens with zero attached hydrogens (tertiary/aromatic N) is 3. The van der Waals surface area contributed by atoms with Gasteiger partial charge < -0.3 is 4.90 Å². The third-order valence-electron chi connectivity index (χ3n) is 3.79. The molecule has 1 amide bonds. The van der Waals surface area contributed by atoms with E-state index in [1.807, 2.05) is 23.4 Å². The highest BCUT2D eigenvalue weighted by atomic mass is 35.5. The summed E-state index contributed by atoms with van der Waals surface area (Å²) in [6, 6.07) is 0. The Kier molecular flexibility index (Phi) is 4.86. The van der Waals surface area contributed by atoms with E-state index >= 15 is 0 Å². The van der Waals surface area contributed by atoms with Crippen LogP contribution in [0.5, 0.6) is 0 Å². The molecule has 0 spiro atoms. The first-order valence-corrected chi connectivity index (χ1v) is 7.44. The smallest absolute Gasteiger partial charge is 0.224 e. The van der Waals surface area contributed by atoms with Crippen molar-refractivity contribution < 1.29 is 4.79 Å². The van der Waals surface area contributed by atoms with Crippen molar-refractivity contribution in [3.8, 4) is 0 Å². The Hall–Kier alpha value is -1.03. The molecule has 1 fully saturated rings. The van der Waals surface area contributed by atoms with Gasteiger partial charge in [0.05, 0.1) is 23.0 Å². The van der Waals surface area contributed by atoms with E-state index in [1.165, 1.54) is 12.8 Å². The summed E-state index contributed by atoms with van der Waals surface area (Å²) >= 11 is 6.11. The zero-order chi connectivity index (χ0) is 13.8. The molecule has 2 heterocycles. The third-order valence-corrected chi connectivity index (χ3v) is 4.34. The molecule has 0 unspecified atom stereocenters. The fourth-order valence-corrected chi connectivity index (χ4v) is 2.71. The summed E-state index contributed by atoms with van der Waals surface area (Å²) in [5, 5.41) is 5.07. The van der Waals surface area contributed by atoms with Crippen molar-refractivity contribution in [2.45, 2.75) is 52.5 Å². The molecule has 4 nitrogen and oxygen atoms in total. The summed E-state index contributed by atoms with van der Waals surface area (Å²) in [6.45, 7) is 6.28. The molecule has 1 aliphatic heterocycles. The molecule has 0 aliphatic carbocycles. The van der Waals surface area contributed by atoms with Gasteiger partial charge in [0.2, 0.25) is 5.91 Å². The topological polar surface area (TPSA) is 38.1 Å². The molecule has 2 rings (SSSR count). The van der Waals surface area contributed by atoms with Gasteiger partial charge in [0.25, 0.3) is 0 Å². The highest BCUT2D eigenvalue weighted by Crippen LogP contribution is 2.19. The molecule has 0 atom stereocenters. The SMILES string of the molecule is Cc1nn(CCC(=O)N2CCCCCC2)c(C)c1Cl. The lowest BCUT2D eigenvalue weighted by Crippen LogP contribution is -2.32. The number of amides is 1. The average molecular weight is 284 g/mol. The molecule has 1 saturated heterocycles. The molecule has 0 aromatic carbocycles. The second-order valence-corrected chi connectivity index (χ2v) is 5.63. The Morgan fingerprint density at radius 1 is 1.21 bits per heavy atom. The van der Waals surface area contributed by atoms with Crippen LogP contribution in [0.25, 0.3) is 0 Å². The number of halogens is 1. The highest BCUT2D eigenvalue weighted by molar-refractivity contribution is 6.31. The molecule has 0 N–H and O–H groups in total. The second kappa shape index (κ2) is 6.42. The molecule has 1 aliphatic rings. The van der Waals surface area contributed by atoms with E-state index in [1.54, 1.807) is 0 Å². The highest BCUT2D eigenvalue weighted by Gasteiger charge is 2.16. The molecule has 1 aromatic rings. The van der Waals surface area contributed by atoms with Gasteiger partial charge in [-0.1, -0.05) is 24.4 Å². The van der Waals surface area contributed by atoms with Gasteiger partial charge in [0.15, 0.2) is 0 Å². The van der Waals surface area contributed by atoms with Crippen LogP contribution in [0, 0.1) is 13.8 Å².